The number of nitro groups is 1. The van der Waals surface area contributed by atoms with Crippen LogP contribution in [0.25, 0.3) is 0 Å². The van der Waals surface area contributed by atoms with Gasteiger partial charge in [-0.05, 0) is 23.1 Å². The molecule has 0 spiro atoms. The van der Waals surface area contributed by atoms with Crippen LogP contribution in [-0.4, -0.2) is 4.92 Å². The third-order valence-corrected chi connectivity index (χ3v) is 3.65. The fourth-order valence-corrected chi connectivity index (χ4v) is 2.44. The van der Waals surface area contributed by atoms with Crippen LogP contribution < -0.4 is 5.73 Å². The molecule has 2 rings (SSSR count). The first-order valence-corrected chi connectivity index (χ1v) is 6.08. The minimum absolute atomic E-state index is 0. The lowest BCUT2D eigenvalue weighted by Gasteiger charge is -2.09. The van der Waals surface area contributed by atoms with E-state index in [1.54, 1.807) is 6.07 Å². The summed E-state index contributed by atoms with van der Waals surface area (Å²) in [5.41, 5.74) is 6.59. The Morgan fingerprint density at radius 2 is 2.11 bits per heavy atom. The summed E-state index contributed by atoms with van der Waals surface area (Å²) in [6.07, 6.45) is 0. The van der Waals surface area contributed by atoms with Gasteiger partial charge < -0.3 is 5.73 Å². The molecule has 0 aliphatic heterocycles. The zero-order chi connectivity index (χ0) is 12.4. The van der Waals surface area contributed by atoms with Crippen LogP contribution in [0.4, 0.5) is 5.69 Å². The van der Waals surface area contributed by atoms with Crippen molar-refractivity contribution in [3.63, 3.8) is 0 Å². The van der Waals surface area contributed by atoms with Crippen molar-refractivity contribution in [3.05, 3.63) is 61.3 Å². The second-order valence-electron chi connectivity index (χ2n) is 3.46. The molecule has 0 radical (unpaired) electrons. The molecule has 0 bridgehead atoms. The number of thiophene rings is 1. The molecule has 0 unspecified atom stereocenters. The van der Waals surface area contributed by atoms with Crippen LogP contribution in [0, 0.1) is 10.1 Å². The van der Waals surface area contributed by atoms with Crippen molar-refractivity contribution < 1.29 is 4.92 Å². The molecule has 1 aromatic heterocycles. The van der Waals surface area contributed by atoms with Gasteiger partial charge in [-0.15, -0.1) is 23.7 Å². The second-order valence-corrected chi connectivity index (χ2v) is 4.85. The SMILES string of the molecule is Cl.N[C@@H](c1ccc(Cl)c([N+](=O)[O-])c1)c1cccs1. The van der Waals surface area contributed by atoms with Gasteiger partial charge in [-0.3, -0.25) is 10.1 Å². The quantitative estimate of drug-likeness (QED) is 0.693. The molecule has 1 aromatic carbocycles. The fraction of sp³-hybridized carbons (Fsp3) is 0.0909. The number of halogens is 2. The molecule has 1 heterocycles. The molecular weight excluding hydrogens is 295 g/mol. The standard InChI is InChI=1S/C11H9ClN2O2S.ClH/c12-8-4-3-7(6-9(8)14(15)16)11(13)10-2-1-5-17-10;/h1-6,11H,13H2;1H/t11-;/m0./s1. The van der Waals surface area contributed by atoms with Gasteiger partial charge in [-0.2, -0.15) is 0 Å². The Labute approximate surface area is 119 Å². The predicted molar refractivity (Wildman–Crippen MR) is 75.7 cm³/mol. The van der Waals surface area contributed by atoms with Crippen LogP contribution in [0.5, 0.6) is 0 Å². The first kappa shape index (κ1) is 14.9. The highest BCUT2D eigenvalue weighted by Gasteiger charge is 2.17. The third kappa shape index (κ3) is 3.00. The Hall–Kier alpha value is -1.14. The second kappa shape index (κ2) is 6.15. The third-order valence-electron chi connectivity index (χ3n) is 2.38. The Morgan fingerprint density at radius 1 is 1.39 bits per heavy atom. The molecule has 18 heavy (non-hydrogen) atoms. The van der Waals surface area contributed by atoms with Crippen molar-refractivity contribution in [2.45, 2.75) is 6.04 Å². The smallest absolute Gasteiger partial charge is 0.288 e. The van der Waals surface area contributed by atoms with Gasteiger partial charge in [0.25, 0.3) is 5.69 Å². The van der Waals surface area contributed by atoms with Gasteiger partial charge >= 0.3 is 0 Å². The zero-order valence-corrected chi connectivity index (χ0v) is 11.5. The van der Waals surface area contributed by atoms with E-state index >= 15 is 0 Å². The summed E-state index contributed by atoms with van der Waals surface area (Å²) in [5.74, 6) is 0. The molecule has 2 N–H and O–H groups in total. The van der Waals surface area contributed by atoms with Crippen LogP contribution in [0.2, 0.25) is 5.02 Å². The molecule has 0 saturated carbocycles. The average Bonchev–Trinajstić information content (AvgIpc) is 2.81. The van der Waals surface area contributed by atoms with Crippen molar-refractivity contribution in [1.82, 2.24) is 0 Å². The summed E-state index contributed by atoms with van der Waals surface area (Å²) in [4.78, 5) is 11.2. The van der Waals surface area contributed by atoms with E-state index in [-0.39, 0.29) is 29.2 Å². The van der Waals surface area contributed by atoms with E-state index in [2.05, 4.69) is 0 Å². The highest BCUT2D eigenvalue weighted by Crippen LogP contribution is 2.30. The monoisotopic (exact) mass is 304 g/mol. The van der Waals surface area contributed by atoms with Gasteiger partial charge in [0.2, 0.25) is 0 Å². The van der Waals surface area contributed by atoms with Crippen molar-refractivity contribution in [2.75, 3.05) is 0 Å². The minimum Gasteiger partial charge on any atom is -0.320 e. The molecule has 2 aromatic rings. The summed E-state index contributed by atoms with van der Waals surface area (Å²) < 4.78 is 0. The maximum atomic E-state index is 10.8. The molecule has 96 valence electrons. The van der Waals surface area contributed by atoms with E-state index in [1.165, 1.54) is 23.5 Å². The number of nitro benzene ring substituents is 1. The first-order chi connectivity index (χ1) is 8.09. The minimum atomic E-state index is -0.507. The van der Waals surface area contributed by atoms with E-state index in [4.69, 9.17) is 17.3 Å². The van der Waals surface area contributed by atoms with Gasteiger partial charge in [0.1, 0.15) is 5.02 Å². The number of nitrogens with two attached hydrogens (primary N) is 1. The highest BCUT2D eigenvalue weighted by atomic mass is 35.5. The van der Waals surface area contributed by atoms with Crippen LogP contribution in [-0.2, 0) is 0 Å². The van der Waals surface area contributed by atoms with E-state index < -0.39 is 4.92 Å². The Morgan fingerprint density at radius 3 is 2.67 bits per heavy atom. The molecule has 0 aliphatic carbocycles. The Kier molecular flexibility index (Phi) is 5.10. The summed E-state index contributed by atoms with van der Waals surface area (Å²) in [6, 6.07) is 8.07. The summed E-state index contributed by atoms with van der Waals surface area (Å²) >= 11 is 7.26. The normalized spacial score (nSPS) is 11.7. The molecule has 0 aliphatic rings. The summed E-state index contributed by atoms with van der Waals surface area (Å²) in [5, 5.41) is 12.8. The highest BCUT2D eigenvalue weighted by molar-refractivity contribution is 7.10. The van der Waals surface area contributed by atoms with Crippen LogP contribution >= 0.6 is 35.3 Å². The van der Waals surface area contributed by atoms with Gasteiger partial charge in [-0.25, -0.2) is 0 Å². The van der Waals surface area contributed by atoms with E-state index in [0.717, 1.165) is 4.88 Å². The van der Waals surface area contributed by atoms with Crippen molar-refractivity contribution in [3.8, 4) is 0 Å². The van der Waals surface area contributed by atoms with Crippen LogP contribution in [0.3, 0.4) is 0 Å². The predicted octanol–water partition coefficient (Wildman–Crippen LogP) is 3.78. The van der Waals surface area contributed by atoms with E-state index in [1.807, 2.05) is 17.5 Å². The van der Waals surface area contributed by atoms with Crippen molar-refractivity contribution in [1.29, 1.82) is 0 Å². The van der Waals surface area contributed by atoms with Gasteiger partial charge in [0, 0.05) is 10.9 Å². The number of benzene rings is 1. The Balaban J connectivity index is 0.00000162. The summed E-state index contributed by atoms with van der Waals surface area (Å²) in [6.45, 7) is 0. The zero-order valence-electron chi connectivity index (χ0n) is 9.08. The lowest BCUT2D eigenvalue weighted by Crippen LogP contribution is -2.10. The molecule has 1 atom stereocenters. The molecule has 0 amide bonds. The van der Waals surface area contributed by atoms with E-state index in [9.17, 15) is 10.1 Å². The van der Waals surface area contributed by atoms with Crippen LogP contribution in [0.1, 0.15) is 16.5 Å². The van der Waals surface area contributed by atoms with Gasteiger partial charge in [0.05, 0.1) is 11.0 Å². The van der Waals surface area contributed by atoms with Crippen LogP contribution in [0.15, 0.2) is 35.7 Å². The number of hydrogen-bond acceptors (Lipinski definition) is 4. The number of rotatable bonds is 3. The maximum absolute atomic E-state index is 10.8. The first-order valence-electron chi connectivity index (χ1n) is 4.82. The van der Waals surface area contributed by atoms with Crippen molar-refractivity contribution in [2.24, 2.45) is 5.73 Å². The molecule has 7 heteroatoms. The Bertz CT molecular complexity index is 546. The number of nitrogens with zero attached hydrogens (tertiary/aromatic N) is 1. The average molecular weight is 305 g/mol. The maximum Gasteiger partial charge on any atom is 0.288 e. The lowest BCUT2D eigenvalue weighted by atomic mass is 10.1. The summed E-state index contributed by atoms with van der Waals surface area (Å²) in [7, 11) is 0. The lowest BCUT2D eigenvalue weighted by molar-refractivity contribution is -0.384. The molecule has 0 saturated heterocycles. The topological polar surface area (TPSA) is 69.2 Å². The largest absolute Gasteiger partial charge is 0.320 e. The van der Waals surface area contributed by atoms with E-state index in [0.29, 0.717) is 5.56 Å². The van der Waals surface area contributed by atoms with Crippen molar-refractivity contribution >= 4 is 41.0 Å². The van der Waals surface area contributed by atoms with Gasteiger partial charge in [0.15, 0.2) is 0 Å². The fourth-order valence-electron chi connectivity index (χ4n) is 1.50. The van der Waals surface area contributed by atoms with Gasteiger partial charge in [-0.1, -0.05) is 23.7 Å². The molecule has 0 fully saturated rings. The molecular formula is C11H10Cl2N2O2S. The number of hydrogen-bond donors (Lipinski definition) is 1. The molecule has 4 nitrogen and oxygen atoms in total.